The van der Waals surface area contributed by atoms with E-state index in [1.807, 2.05) is 17.4 Å². The highest BCUT2D eigenvalue weighted by molar-refractivity contribution is 7.11. The van der Waals surface area contributed by atoms with Crippen LogP contribution >= 0.6 is 11.3 Å². The molecule has 0 amide bonds. The Morgan fingerprint density at radius 3 is 3.00 bits per heavy atom. The average Bonchev–Trinajstić information content (AvgIpc) is 2.58. The van der Waals surface area contributed by atoms with Gasteiger partial charge in [-0.1, -0.05) is 30.3 Å². The third kappa shape index (κ3) is 1.65. The van der Waals surface area contributed by atoms with Gasteiger partial charge in [0.25, 0.3) is 0 Å². The van der Waals surface area contributed by atoms with Gasteiger partial charge in [-0.05, 0) is 29.0 Å². The number of allylic oxidation sites excluding steroid dienone is 1. The molecule has 2 rings (SSSR count). The van der Waals surface area contributed by atoms with Crippen LogP contribution in [0, 0.1) is 0 Å². The summed E-state index contributed by atoms with van der Waals surface area (Å²) in [6.45, 7) is 3.74. The first-order valence-electron chi connectivity index (χ1n) is 4.48. The molecule has 0 nitrogen and oxygen atoms in total. The molecule has 0 aliphatic heterocycles. The van der Waals surface area contributed by atoms with Crippen LogP contribution < -0.4 is 0 Å². The molecule has 66 valence electrons. The molecule has 1 heterocycles. The zero-order valence-corrected chi connectivity index (χ0v) is 8.31. The van der Waals surface area contributed by atoms with Crippen LogP contribution in [0.3, 0.4) is 0 Å². The summed E-state index contributed by atoms with van der Waals surface area (Å²) in [6, 6.07) is 8.56. The lowest BCUT2D eigenvalue weighted by Gasteiger charge is -1.94. The van der Waals surface area contributed by atoms with Crippen molar-refractivity contribution in [1.29, 1.82) is 0 Å². The van der Waals surface area contributed by atoms with Crippen LogP contribution in [-0.2, 0) is 6.42 Å². The highest BCUT2D eigenvalue weighted by Gasteiger charge is 2.01. The van der Waals surface area contributed by atoms with Crippen LogP contribution in [0.15, 0.2) is 42.3 Å². The van der Waals surface area contributed by atoms with Gasteiger partial charge in [-0.15, -0.1) is 17.9 Å². The maximum absolute atomic E-state index is 3.74. The first-order chi connectivity index (χ1) is 6.42. The minimum Gasteiger partial charge on any atom is -0.148 e. The fourth-order valence-corrected chi connectivity index (χ4v) is 2.50. The van der Waals surface area contributed by atoms with Crippen LogP contribution in [0.2, 0.25) is 0 Å². The summed E-state index contributed by atoms with van der Waals surface area (Å²) >= 11 is 1.85. The van der Waals surface area contributed by atoms with Crippen LogP contribution in [0.5, 0.6) is 0 Å². The van der Waals surface area contributed by atoms with E-state index >= 15 is 0 Å². The lowest BCUT2D eigenvalue weighted by atomic mass is 10.1. The van der Waals surface area contributed by atoms with E-state index < -0.39 is 0 Å². The van der Waals surface area contributed by atoms with Gasteiger partial charge in [0.15, 0.2) is 0 Å². The van der Waals surface area contributed by atoms with E-state index in [2.05, 4.69) is 36.2 Å². The predicted molar refractivity (Wildman–Crippen MR) is 60.3 cm³/mol. The first kappa shape index (κ1) is 8.52. The van der Waals surface area contributed by atoms with Gasteiger partial charge in [-0.25, -0.2) is 0 Å². The SMILES string of the molecule is C=CCCc1scc2ccccc12. The molecule has 0 fully saturated rings. The Morgan fingerprint density at radius 2 is 2.15 bits per heavy atom. The molecule has 0 spiro atoms. The standard InChI is InChI=1S/C12H12S/c1-2-3-8-12-11-7-5-4-6-10(11)9-13-12/h2,4-7,9H,1,3,8H2. The molecule has 0 atom stereocenters. The summed E-state index contributed by atoms with van der Waals surface area (Å²) in [4.78, 5) is 1.48. The highest BCUT2D eigenvalue weighted by Crippen LogP contribution is 2.26. The van der Waals surface area contributed by atoms with Gasteiger partial charge in [-0.2, -0.15) is 0 Å². The van der Waals surface area contributed by atoms with E-state index in [0.717, 1.165) is 12.8 Å². The molecule has 0 unspecified atom stereocenters. The van der Waals surface area contributed by atoms with Crippen LogP contribution in [0.1, 0.15) is 11.3 Å². The Morgan fingerprint density at radius 1 is 1.31 bits per heavy atom. The zero-order valence-electron chi connectivity index (χ0n) is 7.49. The Bertz CT molecular complexity index is 412. The minimum absolute atomic E-state index is 1.07. The number of hydrogen-bond acceptors (Lipinski definition) is 1. The lowest BCUT2D eigenvalue weighted by molar-refractivity contribution is 1.04. The van der Waals surface area contributed by atoms with Gasteiger partial charge < -0.3 is 0 Å². The number of thiophene rings is 1. The molecular weight excluding hydrogens is 176 g/mol. The lowest BCUT2D eigenvalue weighted by Crippen LogP contribution is -1.77. The predicted octanol–water partition coefficient (Wildman–Crippen LogP) is 4.02. The van der Waals surface area contributed by atoms with Crippen molar-refractivity contribution >= 4 is 22.1 Å². The number of benzene rings is 1. The average molecular weight is 188 g/mol. The number of rotatable bonds is 3. The second kappa shape index (κ2) is 3.75. The maximum Gasteiger partial charge on any atom is 0.0127 e. The summed E-state index contributed by atoms with van der Waals surface area (Å²) in [7, 11) is 0. The van der Waals surface area contributed by atoms with Crippen LogP contribution in [-0.4, -0.2) is 0 Å². The van der Waals surface area contributed by atoms with Crippen molar-refractivity contribution in [2.75, 3.05) is 0 Å². The van der Waals surface area contributed by atoms with Crippen molar-refractivity contribution < 1.29 is 0 Å². The van der Waals surface area contributed by atoms with Crippen molar-refractivity contribution in [3.63, 3.8) is 0 Å². The Balaban J connectivity index is 2.40. The molecule has 1 aromatic carbocycles. The number of fused-ring (bicyclic) bond motifs is 1. The van der Waals surface area contributed by atoms with E-state index in [4.69, 9.17) is 0 Å². The van der Waals surface area contributed by atoms with Crippen molar-refractivity contribution in [2.45, 2.75) is 12.8 Å². The molecule has 1 heteroatoms. The third-order valence-electron chi connectivity index (χ3n) is 2.16. The molecular formula is C12H12S. The van der Waals surface area contributed by atoms with Crippen molar-refractivity contribution in [2.24, 2.45) is 0 Å². The molecule has 13 heavy (non-hydrogen) atoms. The quantitative estimate of drug-likeness (QED) is 0.638. The molecule has 0 aliphatic rings. The minimum atomic E-state index is 1.07. The highest BCUT2D eigenvalue weighted by atomic mass is 32.1. The van der Waals surface area contributed by atoms with Gasteiger partial charge in [0.05, 0.1) is 0 Å². The summed E-state index contributed by atoms with van der Waals surface area (Å²) in [5.74, 6) is 0. The molecule has 0 saturated heterocycles. The largest absolute Gasteiger partial charge is 0.148 e. The third-order valence-corrected chi connectivity index (χ3v) is 3.25. The molecule has 0 N–H and O–H groups in total. The van der Waals surface area contributed by atoms with Gasteiger partial charge in [0.2, 0.25) is 0 Å². The van der Waals surface area contributed by atoms with Gasteiger partial charge in [-0.3, -0.25) is 0 Å². The Labute approximate surface area is 82.5 Å². The monoisotopic (exact) mass is 188 g/mol. The summed E-state index contributed by atoms with van der Waals surface area (Å²) in [6.07, 6.45) is 4.18. The fourth-order valence-electron chi connectivity index (χ4n) is 1.48. The first-order valence-corrected chi connectivity index (χ1v) is 5.36. The molecule has 1 aromatic heterocycles. The van der Waals surface area contributed by atoms with Gasteiger partial charge in [0, 0.05) is 4.88 Å². The molecule has 2 aromatic rings. The van der Waals surface area contributed by atoms with E-state index in [1.165, 1.54) is 15.6 Å². The second-order valence-electron chi connectivity index (χ2n) is 3.07. The Kier molecular flexibility index (Phi) is 2.46. The van der Waals surface area contributed by atoms with E-state index in [-0.39, 0.29) is 0 Å². The van der Waals surface area contributed by atoms with Gasteiger partial charge in [0.1, 0.15) is 0 Å². The van der Waals surface area contributed by atoms with Gasteiger partial charge >= 0.3 is 0 Å². The fraction of sp³-hybridized carbons (Fsp3) is 0.167. The maximum atomic E-state index is 3.74. The summed E-state index contributed by atoms with van der Waals surface area (Å²) in [5.41, 5.74) is 0. The Hall–Kier alpha value is -1.08. The van der Waals surface area contributed by atoms with Crippen molar-refractivity contribution in [1.82, 2.24) is 0 Å². The van der Waals surface area contributed by atoms with Crippen LogP contribution in [0.4, 0.5) is 0 Å². The van der Waals surface area contributed by atoms with E-state index in [0.29, 0.717) is 0 Å². The molecule has 0 saturated carbocycles. The molecule has 0 radical (unpaired) electrons. The van der Waals surface area contributed by atoms with E-state index in [9.17, 15) is 0 Å². The second-order valence-corrected chi connectivity index (χ2v) is 4.04. The number of hydrogen-bond donors (Lipinski definition) is 0. The van der Waals surface area contributed by atoms with E-state index in [1.54, 1.807) is 0 Å². The normalized spacial score (nSPS) is 10.5. The molecule has 0 aliphatic carbocycles. The van der Waals surface area contributed by atoms with Crippen LogP contribution in [0.25, 0.3) is 10.8 Å². The summed E-state index contributed by atoms with van der Waals surface area (Å²) < 4.78 is 0. The van der Waals surface area contributed by atoms with Crippen molar-refractivity contribution in [3.8, 4) is 0 Å². The zero-order chi connectivity index (χ0) is 9.10. The summed E-state index contributed by atoms with van der Waals surface area (Å²) in [5, 5.41) is 5.01. The smallest absolute Gasteiger partial charge is 0.0127 e. The topological polar surface area (TPSA) is 0 Å². The molecule has 0 bridgehead atoms. The number of aryl methyl sites for hydroxylation is 1. The van der Waals surface area contributed by atoms with Crippen molar-refractivity contribution in [3.05, 3.63) is 47.2 Å².